The zero-order valence-electron chi connectivity index (χ0n) is 9.78. The Labute approximate surface area is 101 Å². The van der Waals surface area contributed by atoms with Gasteiger partial charge in [0.2, 0.25) is 0 Å². The molecule has 0 aliphatic heterocycles. The first-order valence-corrected chi connectivity index (χ1v) is 5.78. The zero-order valence-corrected chi connectivity index (χ0v) is 9.78. The smallest absolute Gasteiger partial charge is 0.165 e. The van der Waals surface area contributed by atoms with Crippen molar-refractivity contribution in [3.8, 4) is 16.9 Å². The number of hydrogen-bond acceptors (Lipinski definition) is 1. The molecule has 1 nitrogen and oxygen atoms in total. The molecule has 0 aliphatic rings. The number of rotatable bonds is 3. The van der Waals surface area contributed by atoms with Crippen molar-refractivity contribution in [2.75, 3.05) is 0 Å². The second kappa shape index (κ2) is 5.00. The van der Waals surface area contributed by atoms with Gasteiger partial charge in [-0.2, -0.15) is 0 Å². The van der Waals surface area contributed by atoms with Gasteiger partial charge in [-0.1, -0.05) is 43.7 Å². The second-order valence-corrected chi connectivity index (χ2v) is 4.12. The molecule has 0 saturated carbocycles. The number of hydrogen-bond donors (Lipinski definition) is 1. The monoisotopic (exact) mass is 230 g/mol. The van der Waals surface area contributed by atoms with Crippen LogP contribution in [0.1, 0.15) is 18.9 Å². The summed E-state index contributed by atoms with van der Waals surface area (Å²) in [6, 6.07) is 12.5. The highest BCUT2D eigenvalue weighted by atomic mass is 19.1. The molecule has 2 rings (SSSR count). The lowest BCUT2D eigenvalue weighted by molar-refractivity contribution is 0.432. The summed E-state index contributed by atoms with van der Waals surface area (Å²) in [6.45, 7) is 2.13. The normalized spacial score (nSPS) is 10.5. The molecule has 0 atom stereocenters. The zero-order chi connectivity index (χ0) is 12.3. The van der Waals surface area contributed by atoms with Gasteiger partial charge in [-0.25, -0.2) is 4.39 Å². The molecule has 88 valence electrons. The standard InChI is InChI=1S/C15H15FO/c1-2-4-11-5-3-6-12(9-11)13-7-8-15(17)14(16)10-13/h3,5-10,17H,2,4H2,1H3. The molecule has 1 N–H and O–H groups in total. The first-order chi connectivity index (χ1) is 8.20. The van der Waals surface area contributed by atoms with E-state index in [-0.39, 0.29) is 5.75 Å². The molecule has 2 aromatic carbocycles. The Morgan fingerprint density at radius 3 is 2.53 bits per heavy atom. The molecule has 0 aromatic heterocycles. The summed E-state index contributed by atoms with van der Waals surface area (Å²) in [7, 11) is 0. The molecule has 2 heteroatoms. The van der Waals surface area contributed by atoms with Crippen LogP contribution in [0.3, 0.4) is 0 Å². The number of benzene rings is 2. The fourth-order valence-electron chi connectivity index (χ4n) is 1.88. The molecule has 0 fully saturated rings. The number of phenolic OH excluding ortho intramolecular Hbond substituents is 1. The quantitative estimate of drug-likeness (QED) is 0.839. The predicted molar refractivity (Wildman–Crippen MR) is 67.5 cm³/mol. The van der Waals surface area contributed by atoms with Crippen molar-refractivity contribution in [3.63, 3.8) is 0 Å². The Morgan fingerprint density at radius 1 is 1.06 bits per heavy atom. The summed E-state index contributed by atoms with van der Waals surface area (Å²) in [4.78, 5) is 0. The third-order valence-corrected chi connectivity index (χ3v) is 2.75. The van der Waals surface area contributed by atoms with E-state index < -0.39 is 5.82 Å². The Morgan fingerprint density at radius 2 is 1.82 bits per heavy atom. The van der Waals surface area contributed by atoms with E-state index in [2.05, 4.69) is 19.1 Å². The first kappa shape index (κ1) is 11.6. The molecule has 0 heterocycles. The molecular weight excluding hydrogens is 215 g/mol. The summed E-state index contributed by atoms with van der Waals surface area (Å²) in [5.41, 5.74) is 3.02. The maximum atomic E-state index is 13.3. The maximum absolute atomic E-state index is 13.3. The van der Waals surface area contributed by atoms with E-state index in [9.17, 15) is 4.39 Å². The average Bonchev–Trinajstić information content (AvgIpc) is 2.33. The van der Waals surface area contributed by atoms with Crippen molar-refractivity contribution >= 4 is 0 Å². The Hall–Kier alpha value is -1.83. The van der Waals surface area contributed by atoms with Crippen LogP contribution in [0.25, 0.3) is 11.1 Å². The van der Waals surface area contributed by atoms with Crippen molar-refractivity contribution < 1.29 is 9.50 Å². The molecule has 0 bridgehead atoms. The van der Waals surface area contributed by atoms with Gasteiger partial charge in [0.1, 0.15) is 0 Å². The Bertz CT molecular complexity index is 520. The molecule has 0 amide bonds. The maximum Gasteiger partial charge on any atom is 0.165 e. The van der Waals surface area contributed by atoms with E-state index in [1.807, 2.05) is 12.1 Å². The highest BCUT2D eigenvalue weighted by Crippen LogP contribution is 2.25. The van der Waals surface area contributed by atoms with Crippen LogP contribution in [0.4, 0.5) is 4.39 Å². The van der Waals surface area contributed by atoms with Crippen LogP contribution in [0, 0.1) is 5.82 Å². The van der Waals surface area contributed by atoms with Gasteiger partial charge >= 0.3 is 0 Å². The number of aromatic hydroxyl groups is 1. The molecule has 0 saturated heterocycles. The molecule has 0 radical (unpaired) electrons. The largest absolute Gasteiger partial charge is 0.505 e. The summed E-state index contributed by atoms with van der Waals surface area (Å²) in [5.74, 6) is -0.887. The third-order valence-electron chi connectivity index (χ3n) is 2.75. The SMILES string of the molecule is CCCc1cccc(-c2ccc(O)c(F)c2)c1. The van der Waals surface area contributed by atoms with Crippen LogP contribution in [-0.2, 0) is 6.42 Å². The van der Waals surface area contributed by atoms with Crippen LogP contribution in [-0.4, -0.2) is 5.11 Å². The van der Waals surface area contributed by atoms with Gasteiger partial charge in [-0.05, 0) is 35.2 Å². The molecule has 0 aliphatic carbocycles. The number of aryl methyl sites for hydroxylation is 1. The van der Waals surface area contributed by atoms with Crippen LogP contribution >= 0.6 is 0 Å². The van der Waals surface area contributed by atoms with Crippen molar-refractivity contribution in [3.05, 3.63) is 53.8 Å². The molecular formula is C15H15FO. The Kier molecular flexibility index (Phi) is 3.43. The van der Waals surface area contributed by atoms with Crippen LogP contribution < -0.4 is 0 Å². The van der Waals surface area contributed by atoms with Gasteiger partial charge < -0.3 is 5.11 Å². The van der Waals surface area contributed by atoms with E-state index in [1.165, 1.54) is 17.7 Å². The summed E-state index contributed by atoms with van der Waals surface area (Å²) >= 11 is 0. The lowest BCUT2D eigenvalue weighted by Gasteiger charge is -2.05. The number of phenols is 1. The fraction of sp³-hybridized carbons (Fsp3) is 0.200. The highest BCUT2D eigenvalue weighted by Gasteiger charge is 2.04. The minimum Gasteiger partial charge on any atom is -0.505 e. The van der Waals surface area contributed by atoms with E-state index in [4.69, 9.17) is 5.11 Å². The summed E-state index contributed by atoms with van der Waals surface area (Å²) in [5, 5.41) is 9.15. The third kappa shape index (κ3) is 2.64. The molecule has 0 unspecified atom stereocenters. The van der Waals surface area contributed by atoms with Crippen LogP contribution in [0.15, 0.2) is 42.5 Å². The molecule has 17 heavy (non-hydrogen) atoms. The summed E-state index contributed by atoms with van der Waals surface area (Å²) in [6.07, 6.45) is 2.11. The van der Waals surface area contributed by atoms with E-state index in [0.717, 1.165) is 24.0 Å². The summed E-state index contributed by atoms with van der Waals surface area (Å²) < 4.78 is 13.3. The first-order valence-electron chi connectivity index (χ1n) is 5.78. The van der Waals surface area contributed by atoms with Gasteiger partial charge in [0.25, 0.3) is 0 Å². The average molecular weight is 230 g/mol. The number of halogens is 1. The van der Waals surface area contributed by atoms with E-state index in [1.54, 1.807) is 6.07 Å². The van der Waals surface area contributed by atoms with Crippen molar-refractivity contribution in [2.45, 2.75) is 19.8 Å². The Balaban J connectivity index is 2.38. The van der Waals surface area contributed by atoms with Gasteiger partial charge in [-0.15, -0.1) is 0 Å². The lowest BCUT2D eigenvalue weighted by atomic mass is 10.0. The lowest BCUT2D eigenvalue weighted by Crippen LogP contribution is -1.86. The highest BCUT2D eigenvalue weighted by molar-refractivity contribution is 5.65. The van der Waals surface area contributed by atoms with Crippen molar-refractivity contribution in [1.29, 1.82) is 0 Å². The fourth-order valence-corrected chi connectivity index (χ4v) is 1.88. The van der Waals surface area contributed by atoms with Crippen LogP contribution in [0.2, 0.25) is 0 Å². The minimum atomic E-state index is -0.580. The van der Waals surface area contributed by atoms with Gasteiger partial charge in [0, 0.05) is 0 Å². The van der Waals surface area contributed by atoms with Crippen LogP contribution in [0.5, 0.6) is 5.75 Å². The topological polar surface area (TPSA) is 20.2 Å². The van der Waals surface area contributed by atoms with Gasteiger partial charge in [0.05, 0.1) is 0 Å². The van der Waals surface area contributed by atoms with Crippen molar-refractivity contribution in [2.24, 2.45) is 0 Å². The minimum absolute atomic E-state index is 0.307. The predicted octanol–water partition coefficient (Wildman–Crippen LogP) is 4.15. The molecule has 0 spiro atoms. The van der Waals surface area contributed by atoms with Gasteiger partial charge in [0.15, 0.2) is 11.6 Å². The van der Waals surface area contributed by atoms with Gasteiger partial charge in [-0.3, -0.25) is 0 Å². The second-order valence-electron chi connectivity index (χ2n) is 4.12. The van der Waals surface area contributed by atoms with Crippen molar-refractivity contribution in [1.82, 2.24) is 0 Å². The van der Waals surface area contributed by atoms with E-state index in [0.29, 0.717) is 0 Å². The molecule has 2 aromatic rings. The van der Waals surface area contributed by atoms with E-state index >= 15 is 0 Å².